The van der Waals surface area contributed by atoms with Gasteiger partial charge in [-0.15, -0.1) is 5.10 Å². The summed E-state index contributed by atoms with van der Waals surface area (Å²) in [6.45, 7) is 7.37. The number of hydrogen-bond acceptors (Lipinski definition) is 4. The molecule has 6 heteroatoms. The Balaban J connectivity index is 2.14. The fourth-order valence-electron chi connectivity index (χ4n) is 2.54. The summed E-state index contributed by atoms with van der Waals surface area (Å²) in [6.07, 6.45) is 1.72. The third-order valence-electron chi connectivity index (χ3n) is 3.50. The van der Waals surface area contributed by atoms with E-state index in [1.165, 1.54) is 0 Å². The second-order valence-electron chi connectivity index (χ2n) is 6.66. The van der Waals surface area contributed by atoms with Crippen LogP contribution in [-0.2, 0) is 6.54 Å². The van der Waals surface area contributed by atoms with Crippen LogP contribution in [0.15, 0.2) is 34.9 Å². The van der Waals surface area contributed by atoms with Crippen molar-refractivity contribution in [1.29, 1.82) is 0 Å². The zero-order valence-electron chi connectivity index (χ0n) is 13.7. The molecular weight excluding hydrogens is 356 g/mol. The molecule has 0 aliphatic rings. The van der Waals surface area contributed by atoms with Gasteiger partial charge in [-0.25, -0.2) is 9.67 Å². The molecule has 0 atom stereocenters. The Morgan fingerprint density at radius 2 is 1.96 bits per heavy atom. The summed E-state index contributed by atoms with van der Waals surface area (Å²) < 4.78 is 8.22. The van der Waals surface area contributed by atoms with Crippen LogP contribution in [0, 0.1) is 5.41 Å². The molecule has 2 aromatic heterocycles. The van der Waals surface area contributed by atoms with Crippen molar-refractivity contribution in [3.63, 3.8) is 0 Å². The number of fused-ring (bicyclic) bond motifs is 1. The maximum absolute atomic E-state index is 5.36. The summed E-state index contributed by atoms with van der Waals surface area (Å²) in [5.74, 6) is 0.592. The molecular formula is C17H19BrN4O. The highest BCUT2D eigenvalue weighted by Crippen LogP contribution is 2.37. The van der Waals surface area contributed by atoms with Gasteiger partial charge in [0.05, 0.1) is 17.1 Å². The van der Waals surface area contributed by atoms with Crippen LogP contribution in [0.2, 0.25) is 0 Å². The van der Waals surface area contributed by atoms with E-state index in [0.29, 0.717) is 5.88 Å². The van der Waals surface area contributed by atoms with Crippen LogP contribution in [0.25, 0.3) is 22.2 Å². The number of rotatable bonds is 3. The van der Waals surface area contributed by atoms with Gasteiger partial charge in [-0.2, -0.15) is 0 Å². The molecule has 23 heavy (non-hydrogen) atoms. The maximum atomic E-state index is 5.36. The van der Waals surface area contributed by atoms with Gasteiger partial charge in [0.1, 0.15) is 5.52 Å². The first-order valence-corrected chi connectivity index (χ1v) is 8.21. The van der Waals surface area contributed by atoms with Crippen molar-refractivity contribution in [2.24, 2.45) is 5.41 Å². The third-order valence-corrected chi connectivity index (χ3v) is 4.31. The monoisotopic (exact) mass is 374 g/mol. The van der Waals surface area contributed by atoms with E-state index in [1.807, 2.05) is 22.9 Å². The number of halogens is 1. The van der Waals surface area contributed by atoms with Crippen LogP contribution >= 0.6 is 15.9 Å². The Morgan fingerprint density at radius 1 is 1.17 bits per heavy atom. The van der Waals surface area contributed by atoms with Crippen molar-refractivity contribution >= 4 is 27.0 Å². The van der Waals surface area contributed by atoms with Gasteiger partial charge in [-0.1, -0.05) is 32.1 Å². The molecule has 3 aromatic rings. The zero-order chi connectivity index (χ0) is 16.6. The number of hydrogen-bond donors (Lipinski definition) is 0. The van der Waals surface area contributed by atoms with Crippen LogP contribution in [0.4, 0.5) is 0 Å². The Hall–Kier alpha value is -1.95. The van der Waals surface area contributed by atoms with Gasteiger partial charge in [0.15, 0.2) is 0 Å². The molecule has 0 saturated heterocycles. The number of nitrogens with zero attached hydrogens (tertiary/aromatic N) is 4. The van der Waals surface area contributed by atoms with Gasteiger partial charge >= 0.3 is 0 Å². The van der Waals surface area contributed by atoms with Gasteiger partial charge in [0, 0.05) is 23.9 Å². The predicted octanol–water partition coefficient (Wildman–Crippen LogP) is 4.31. The highest BCUT2D eigenvalue weighted by atomic mass is 79.9. The Morgan fingerprint density at radius 3 is 2.65 bits per heavy atom. The van der Waals surface area contributed by atoms with Crippen LogP contribution < -0.4 is 4.74 Å². The molecule has 3 rings (SSSR count). The topological polar surface area (TPSA) is 52.8 Å². The maximum Gasteiger partial charge on any atom is 0.221 e. The molecule has 0 N–H and O–H groups in total. The fraction of sp³-hybridized carbons (Fsp3) is 0.353. The largest absolute Gasteiger partial charge is 0.481 e. The van der Waals surface area contributed by atoms with Crippen molar-refractivity contribution in [1.82, 2.24) is 20.0 Å². The van der Waals surface area contributed by atoms with E-state index in [4.69, 9.17) is 4.74 Å². The molecule has 0 unspecified atom stereocenters. The summed E-state index contributed by atoms with van der Waals surface area (Å²) in [5.41, 5.74) is 3.91. The Labute approximate surface area is 143 Å². The van der Waals surface area contributed by atoms with Crippen LogP contribution in [0.1, 0.15) is 20.8 Å². The molecule has 120 valence electrons. The SMILES string of the molecule is COc1ncccc1-c1ccc2c(nnn2CC(C)(C)C)c1Br. The molecule has 0 spiro atoms. The van der Waals surface area contributed by atoms with Crippen molar-refractivity contribution in [3.05, 3.63) is 34.9 Å². The van der Waals surface area contributed by atoms with E-state index >= 15 is 0 Å². The molecule has 0 saturated carbocycles. The summed E-state index contributed by atoms with van der Waals surface area (Å²) in [6, 6.07) is 7.98. The number of benzene rings is 1. The van der Waals surface area contributed by atoms with Gasteiger partial charge in [-0.3, -0.25) is 0 Å². The van der Waals surface area contributed by atoms with Crippen molar-refractivity contribution in [2.75, 3.05) is 7.11 Å². The van der Waals surface area contributed by atoms with E-state index in [1.54, 1.807) is 13.3 Å². The lowest BCUT2D eigenvalue weighted by Gasteiger charge is -2.18. The average Bonchev–Trinajstić information content (AvgIpc) is 2.90. The summed E-state index contributed by atoms with van der Waals surface area (Å²) >= 11 is 3.68. The molecule has 0 bridgehead atoms. The second-order valence-corrected chi connectivity index (χ2v) is 7.46. The quantitative estimate of drug-likeness (QED) is 0.685. The van der Waals surface area contributed by atoms with E-state index in [0.717, 1.165) is 33.2 Å². The van der Waals surface area contributed by atoms with E-state index in [9.17, 15) is 0 Å². The normalized spacial score (nSPS) is 11.9. The second kappa shape index (κ2) is 5.92. The lowest BCUT2D eigenvalue weighted by atomic mass is 9.97. The average molecular weight is 375 g/mol. The van der Waals surface area contributed by atoms with Crippen molar-refractivity contribution in [2.45, 2.75) is 27.3 Å². The summed E-state index contributed by atoms with van der Waals surface area (Å²) in [5, 5.41) is 8.66. The fourth-order valence-corrected chi connectivity index (χ4v) is 3.17. The lowest BCUT2D eigenvalue weighted by Crippen LogP contribution is -2.16. The van der Waals surface area contributed by atoms with Gasteiger partial charge in [0.2, 0.25) is 5.88 Å². The van der Waals surface area contributed by atoms with E-state index < -0.39 is 0 Å². The highest BCUT2D eigenvalue weighted by molar-refractivity contribution is 9.10. The molecule has 1 aromatic carbocycles. The standard InChI is InChI=1S/C17H19BrN4O/c1-17(2,3)10-22-13-8-7-11(14(18)15(13)20-21-22)12-6-5-9-19-16(12)23-4/h5-9H,10H2,1-4H3. The van der Waals surface area contributed by atoms with Gasteiger partial charge in [0.25, 0.3) is 0 Å². The van der Waals surface area contributed by atoms with E-state index in [-0.39, 0.29) is 5.41 Å². The minimum Gasteiger partial charge on any atom is -0.481 e. The van der Waals surface area contributed by atoms with Crippen molar-refractivity contribution < 1.29 is 4.74 Å². The first-order chi connectivity index (χ1) is 10.9. The number of methoxy groups -OCH3 is 1. The van der Waals surface area contributed by atoms with Crippen LogP contribution in [0.3, 0.4) is 0 Å². The third kappa shape index (κ3) is 3.08. The first-order valence-electron chi connectivity index (χ1n) is 7.42. The van der Waals surface area contributed by atoms with Gasteiger partial charge in [-0.05, 0) is 39.5 Å². The first kappa shape index (κ1) is 15.9. The lowest BCUT2D eigenvalue weighted by molar-refractivity contribution is 0.327. The summed E-state index contributed by atoms with van der Waals surface area (Å²) in [7, 11) is 1.62. The molecule has 5 nitrogen and oxygen atoms in total. The Kier molecular flexibility index (Phi) is 4.10. The smallest absolute Gasteiger partial charge is 0.221 e. The van der Waals surface area contributed by atoms with Crippen LogP contribution in [-0.4, -0.2) is 27.1 Å². The van der Waals surface area contributed by atoms with Crippen molar-refractivity contribution in [3.8, 4) is 17.0 Å². The highest BCUT2D eigenvalue weighted by Gasteiger charge is 2.18. The summed E-state index contributed by atoms with van der Waals surface area (Å²) in [4.78, 5) is 4.26. The minimum absolute atomic E-state index is 0.137. The Bertz CT molecular complexity index is 851. The number of aromatic nitrogens is 4. The van der Waals surface area contributed by atoms with E-state index in [2.05, 4.69) is 58.1 Å². The molecule has 0 fully saturated rings. The zero-order valence-corrected chi connectivity index (χ0v) is 15.3. The van der Waals surface area contributed by atoms with Gasteiger partial charge < -0.3 is 4.74 Å². The number of pyridine rings is 1. The molecule has 0 amide bonds. The minimum atomic E-state index is 0.137. The molecule has 0 radical (unpaired) electrons. The molecule has 0 aliphatic heterocycles. The van der Waals surface area contributed by atoms with Crippen LogP contribution in [0.5, 0.6) is 5.88 Å². The number of ether oxygens (including phenoxy) is 1. The molecule has 0 aliphatic carbocycles. The predicted molar refractivity (Wildman–Crippen MR) is 94.5 cm³/mol. The molecule has 2 heterocycles.